The number of nitrogens with two attached hydrogens (primary N) is 1. The molecule has 0 aliphatic heterocycles. The Hall–Kier alpha value is -1.04. The fourth-order valence-corrected chi connectivity index (χ4v) is 2.00. The van der Waals surface area contributed by atoms with Gasteiger partial charge in [-0.3, -0.25) is 0 Å². The van der Waals surface area contributed by atoms with E-state index in [9.17, 15) is 0 Å². The van der Waals surface area contributed by atoms with Crippen LogP contribution < -0.4 is 5.73 Å². The van der Waals surface area contributed by atoms with E-state index in [-0.39, 0.29) is 0 Å². The van der Waals surface area contributed by atoms with Gasteiger partial charge >= 0.3 is 0 Å². The highest BCUT2D eigenvalue weighted by molar-refractivity contribution is 14.1. The van der Waals surface area contributed by atoms with Crippen LogP contribution in [0, 0.1) is 17.4 Å². The zero-order valence-electron chi connectivity index (χ0n) is 8.66. The zero-order valence-corrected chi connectivity index (χ0v) is 10.8. The van der Waals surface area contributed by atoms with Crippen LogP contribution in [0.2, 0.25) is 0 Å². The van der Waals surface area contributed by atoms with Gasteiger partial charge in [-0.1, -0.05) is 0 Å². The molecule has 0 aliphatic carbocycles. The average Bonchev–Trinajstić information content (AvgIpc) is 2.49. The Kier molecular flexibility index (Phi) is 2.68. The molecule has 2 rings (SSSR count). The second-order valence-corrected chi connectivity index (χ2v) is 4.73. The quantitative estimate of drug-likeness (QED) is 0.650. The molecule has 0 aliphatic rings. The van der Waals surface area contributed by atoms with Gasteiger partial charge < -0.3 is 10.3 Å². The Bertz CT molecular complexity index is 503. The van der Waals surface area contributed by atoms with E-state index in [0.29, 0.717) is 0 Å². The van der Waals surface area contributed by atoms with Gasteiger partial charge in [-0.05, 0) is 54.6 Å². The number of benzene rings is 1. The molecular formula is C11H12IN3. The summed E-state index contributed by atoms with van der Waals surface area (Å²) in [5.74, 6) is 0. The van der Waals surface area contributed by atoms with E-state index in [0.717, 1.165) is 26.3 Å². The van der Waals surface area contributed by atoms with Crippen LogP contribution in [0.25, 0.3) is 5.69 Å². The Labute approximate surface area is 102 Å². The summed E-state index contributed by atoms with van der Waals surface area (Å²) in [6.07, 6.45) is 1.81. The predicted molar refractivity (Wildman–Crippen MR) is 70.2 cm³/mol. The molecule has 15 heavy (non-hydrogen) atoms. The molecule has 2 N–H and O–H groups in total. The molecule has 1 heterocycles. The highest BCUT2D eigenvalue weighted by Crippen LogP contribution is 2.22. The lowest BCUT2D eigenvalue weighted by molar-refractivity contribution is 1.00. The minimum atomic E-state index is 0.780. The lowest BCUT2D eigenvalue weighted by atomic mass is 10.2. The Morgan fingerprint density at radius 3 is 2.60 bits per heavy atom. The summed E-state index contributed by atoms with van der Waals surface area (Å²) in [7, 11) is 0. The van der Waals surface area contributed by atoms with Crippen LogP contribution in [0.5, 0.6) is 0 Å². The maximum atomic E-state index is 5.98. The monoisotopic (exact) mass is 313 g/mol. The van der Waals surface area contributed by atoms with Crippen LogP contribution in [0.3, 0.4) is 0 Å². The van der Waals surface area contributed by atoms with Crippen LogP contribution in [0.15, 0.2) is 24.5 Å². The summed E-state index contributed by atoms with van der Waals surface area (Å²) in [6.45, 7) is 4.04. The van der Waals surface area contributed by atoms with Gasteiger partial charge in [0, 0.05) is 9.26 Å². The van der Waals surface area contributed by atoms with Crippen LogP contribution in [0.4, 0.5) is 5.69 Å². The third-order valence-corrected chi connectivity index (χ3v) is 3.17. The fraction of sp³-hybridized carbons (Fsp3) is 0.182. The number of rotatable bonds is 1. The first kappa shape index (κ1) is 10.5. The van der Waals surface area contributed by atoms with Crippen molar-refractivity contribution in [1.29, 1.82) is 0 Å². The SMILES string of the molecule is Cc1ncn(-c2ccc(I)cc2N)c1C. The van der Waals surface area contributed by atoms with E-state index in [1.165, 1.54) is 0 Å². The number of aryl methyl sites for hydroxylation is 1. The number of nitrogens with zero attached hydrogens (tertiary/aromatic N) is 2. The van der Waals surface area contributed by atoms with E-state index in [1.807, 2.05) is 42.9 Å². The molecule has 0 amide bonds. The van der Waals surface area contributed by atoms with Crippen molar-refractivity contribution in [3.05, 3.63) is 39.5 Å². The topological polar surface area (TPSA) is 43.8 Å². The molecule has 0 saturated carbocycles. The number of hydrogen-bond donors (Lipinski definition) is 1. The largest absolute Gasteiger partial charge is 0.397 e. The molecule has 0 saturated heterocycles. The number of anilines is 1. The highest BCUT2D eigenvalue weighted by atomic mass is 127. The maximum Gasteiger partial charge on any atom is 0.0998 e. The summed E-state index contributed by atoms with van der Waals surface area (Å²) in [5.41, 5.74) is 9.91. The van der Waals surface area contributed by atoms with Crippen molar-refractivity contribution in [2.45, 2.75) is 13.8 Å². The first-order valence-electron chi connectivity index (χ1n) is 4.65. The smallest absolute Gasteiger partial charge is 0.0998 e. The number of aromatic nitrogens is 2. The summed E-state index contributed by atoms with van der Waals surface area (Å²) in [6, 6.07) is 6.02. The van der Waals surface area contributed by atoms with E-state index in [4.69, 9.17) is 5.73 Å². The lowest BCUT2D eigenvalue weighted by Gasteiger charge is -2.09. The van der Waals surface area contributed by atoms with Crippen LogP contribution in [0.1, 0.15) is 11.4 Å². The normalized spacial score (nSPS) is 10.6. The van der Waals surface area contributed by atoms with Crippen LogP contribution in [-0.4, -0.2) is 9.55 Å². The summed E-state index contributed by atoms with van der Waals surface area (Å²) < 4.78 is 3.16. The van der Waals surface area contributed by atoms with Crippen molar-refractivity contribution in [3.8, 4) is 5.69 Å². The van der Waals surface area contributed by atoms with Gasteiger partial charge in [0.2, 0.25) is 0 Å². The first-order chi connectivity index (χ1) is 7.09. The average molecular weight is 313 g/mol. The van der Waals surface area contributed by atoms with Crippen molar-refractivity contribution in [2.75, 3.05) is 5.73 Å². The Morgan fingerprint density at radius 2 is 2.07 bits per heavy atom. The minimum absolute atomic E-state index is 0.780. The standard InChI is InChI=1S/C11H12IN3/c1-7-8(2)15(6-14-7)11-4-3-9(12)5-10(11)13/h3-6H,13H2,1-2H3. The number of nitrogen functional groups attached to an aromatic ring is 1. The molecule has 1 aromatic carbocycles. The van der Waals surface area contributed by atoms with Crippen molar-refractivity contribution in [3.63, 3.8) is 0 Å². The van der Waals surface area contributed by atoms with E-state index in [2.05, 4.69) is 27.6 Å². The Morgan fingerprint density at radius 1 is 1.33 bits per heavy atom. The number of hydrogen-bond acceptors (Lipinski definition) is 2. The second-order valence-electron chi connectivity index (χ2n) is 3.49. The van der Waals surface area contributed by atoms with Gasteiger partial charge in [-0.25, -0.2) is 4.98 Å². The van der Waals surface area contributed by atoms with Gasteiger partial charge in [0.05, 0.1) is 23.4 Å². The van der Waals surface area contributed by atoms with Crippen LogP contribution >= 0.6 is 22.6 Å². The van der Waals surface area contributed by atoms with Crippen molar-refractivity contribution in [2.24, 2.45) is 0 Å². The van der Waals surface area contributed by atoms with Gasteiger partial charge in [-0.15, -0.1) is 0 Å². The first-order valence-corrected chi connectivity index (χ1v) is 5.73. The lowest BCUT2D eigenvalue weighted by Crippen LogP contribution is -2.00. The van der Waals surface area contributed by atoms with Gasteiger partial charge in [-0.2, -0.15) is 0 Å². The van der Waals surface area contributed by atoms with Gasteiger partial charge in [0.15, 0.2) is 0 Å². The minimum Gasteiger partial charge on any atom is -0.397 e. The third-order valence-electron chi connectivity index (χ3n) is 2.50. The molecule has 1 aromatic heterocycles. The molecule has 0 radical (unpaired) electrons. The van der Waals surface area contributed by atoms with Crippen molar-refractivity contribution >= 4 is 28.3 Å². The molecular weight excluding hydrogens is 301 g/mol. The van der Waals surface area contributed by atoms with Crippen molar-refractivity contribution < 1.29 is 0 Å². The molecule has 78 valence electrons. The Balaban J connectivity index is 2.59. The van der Waals surface area contributed by atoms with Crippen molar-refractivity contribution in [1.82, 2.24) is 9.55 Å². The molecule has 0 spiro atoms. The fourth-order valence-electron chi connectivity index (χ4n) is 1.49. The maximum absolute atomic E-state index is 5.98. The number of imidazole rings is 1. The third kappa shape index (κ3) is 1.86. The summed E-state index contributed by atoms with van der Waals surface area (Å²) >= 11 is 2.25. The molecule has 0 fully saturated rings. The highest BCUT2D eigenvalue weighted by Gasteiger charge is 2.07. The summed E-state index contributed by atoms with van der Waals surface area (Å²) in [5, 5.41) is 0. The zero-order chi connectivity index (χ0) is 11.0. The molecule has 0 atom stereocenters. The molecule has 3 nitrogen and oxygen atoms in total. The van der Waals surface area contributed by atoms with Crippen LogP contribution in [-0.2, 0) is 0 Å². The predicted octanol–water partition coefficient (Wildman–Crippen LogP) is 2.68. The van der Waals surface area contributed by atoms with E-state index < -0.39 is 0 Å². The molecule has 0 bridgehead atoms. The molecule has 4 heteroatoms. The summed E-state index contributed by atoms with van der Waals surface area (Å²) in [4.78, 5) is 4.26. The van der Waals surface area contributed by atoms with Gasteiger partial charge in [0.1, 0.15) is 0 Å². The molecule has 2 aromatic rings. The molecule has 0 unspecified atom stereocenters. The van der Waals surface area contributed by atoms with E-state index >= 15 is 0 Å². The van der Waals surface area contributed by atoms with Gasteiger partial charge in [0.25, 0.3) is 0 Å². The van der Waals surface area contributed by atoms with E-state index in [1.54, 1.807) is 0 Å². The number of halogens is 1. The second kappa shape index (κ2) is 3.84.